The van der Waals surface area contributed by atoms with Crippen LogP contribution in [-0.4, -0.2) is 16.1 Å². The molecular weight excluding hydrogens is 272 g/mol. The molecule has 18 heavy (non-hydrogen) atoms. The van der Waals surface area contributed by atoms with Gasteiger partial charge in [0.05, 0.1) is 10.7 Å². The second-order valence-corrected chi connectivity index (χ2v) is 5.17. The molecule has 0 radical (unpaired) electrons. The van der Waals surface area contributed by atoms with E-state index in [2.05, 4.69) is 10.3 Å². The van der Waals surface area contributed by atoms with E-state index in [1.165, 1.54) is 16.7 Å². The molecule has 2 aromatic rings. The van der Waals surface area contributed by atoms with Gasteiger partial charge in [-0.1, -0.05) is 17.7 Å². The average Bonchev–Trinajstić information content (AvgIpc) is 2.71. The van der Waals surface area contributed by atoms with Crippen LogP contribution in [0.4, 0.5) is 10.8 Å². The number of carboxylic acid groups (broad SMARTS) is 1. The molecule has 0 aliphatic heterocycles. The summed E-state index contributed by atoms with van der Waals surface area (Å²) in [5, 5.41) is 14.5. The van der Waals surface area contributed by atoms with E-state index in [-0.39, 0.29) is 5.69 Å². The molecule has 0 atom stereocenters. The van der Waals surface area contributed by atoms with Crippen LogP contribution in [0.25, 0.3) is 0 Å². The number of carbonyl (C=O) groups is 1. The number of thiazole rings is 1. The van der Waals surface area contributed by atoms with Crippen LogP contribution in [0.2, 0.25) is 5.02 Å². The molecule has 2 rings (SSSR count). The number of halogens is 1. The van der Waals surface area contributed by atoms with Crippen LogP contribution in [0.5, 0.6) is 0 Å². The molecule has 0 aliphatic rings. The molecule has 0 fully saturated rings. The first-order valence-electron chi connectivity index (χ1n) is 5.20. The van der Waals surface area contributed by atoms with Crippen LogP contribution in [0, 0.1) is 13.8 Å². The summed E-state index contributed by atoms with van der Waals surface area (Å²) in [5.74, 6) is -1.04. The minimum atomic E-state index is -1.04. The van der Waals surface area contributed by atoms with Crippen molar-refractivity contribution in [2.24, 2.45) is 0 Å². The van der Waals surface area contributed by atoms with Crippen molar-refractivity contribution in [2.75, 3.05) is 5.32 Å². The number of nitrogens with zero attached hydrogens (tertiary/aromatic N) is 1. The Morgan fingerprint density at radius 1 is 1.44 bits per heavy atom. The van der Waals surface area contributed by atoms with Crippen molar-refractivity contribution in [3.05, 3.63) is 39.4 Å². The number of benzene rings is 1. The molecule has 6 heteroatoms. The molecule has 1 heterocycles. The van der Waals surface area contributed by atoms with Crippen molar-refractivity contribution in [2.45, 2.75) is 13.8 Å². The Morgan fingerprint density at radius 2 is 2.17 bits per heavy atom. The van der Waals surface area contributed by atoms with Gasteiger partial charge in [0.2, 0.25) is 0 Å². The molecular formula is C12H11ClN2O2S. The summed E-state index contributed by atoms with van der Waals surface area (Å²) in [7, 11) is 0. The number of aryl methyl sites for hydroxylation is 2. The predicted molar refractivity (Wildman–Crippen MR) is 73.3 cm³/mol. The maximum Gasteiger partial charge on any atom is 0.355 e. The number of rotatable bonds is 3. The molecule has 0 saturated carbocycles. The second-order valence-electron chi connectivity index (χ2n) is 3.91. The molecule has 0 spiro atoms. The van der Waals surface area contributed by atoms with Crippen molar-refractivity contribution in [1.82, 2.24) is 4.98 Å². The summed E-state index contributed by atoms with van der Waals surface area (Å²) in [6.07, 6.45) is 0. The number of carboxylic acids is 1. The van der Waals surface area contributed by atoms with Crippen molar-refractivity contribution >= 4 is 39.7 Å². The molecule has 94 valence electrons. The first kappa shape index (κ1) is 12.9. The van der Waals surface area contributed by atoms with Crippen molar-refractivity contribution in [3.8, 4) is 0 Å². The quantitative estimate of drug-likeness (QED) is 0.897. The van der Waals surface area contributed by atoms with E-state index in [0.29, 0.717) is 10.2 Å². The lowest BCUT2D eigenvalue weighted by Crippen LogP contribution is -1.98. The van der Waals surface area contributed by atoms with Crippen LogP contribution in [0.1, 0.15) is 21.6 Å². The van der Waals surface area contributed by atoms with Gasteiger partial charge in [0.25, 0.3) is 0 Å². The number of anilines is 2. The molecule has 0 aliphatic carbocycles. The van der Waals surface area contributed by atoms with Crippen LogP contribution >= 0.6 is 22.9 Å². The lowest BCUT2D eigenvalue weighted by molar-refractivity contribution is 0.0691. The number of nitrogens with one attached hydrogen (secondary N) is 1. The fraction of sp³-hybridized carbons (Fsp3) is 0.167. The zero-order chi connectivity index (χ0) is 13.3. The van der Waals surface area contributed by atoms with Crippen LogP contribution in [-0.2, 0) is 0 Å². The van der Waals surface area contributed by atoms with Gasteiger partial charge in [-0.25, -0.2) is 9.78 Å². The van der Waals surface area contributed by atoms with Gasteiger partial charge in [-0.15, -0.1) is 11.3 Å². The monoisotopic (exact) mass is 282 g/mol. The summed E-state index contributed by atoms with van der Waals surface area (Å²) < 4.78 is 0. The number of aromatic carboxylic acids is 1. The van der Waals surface area contributed by atoms with Gasteiger partial charge >= 0.3 is 5.97 Å². The number of hydrogen-bond acceptors (Lipinski definition) is 4. The molecule has 0 unspecified atom stereocenters. The third-order valence-electron chi connectivity index (χ3n) is 2.39. The summed E-state index contributed by atoms with van der Waals surface area (Å²) in [6.45, 7) is 3.90. The fourth-order valence-corrected chi connectivity index (χ4v) is 2.67. The summed E-state index contributed by atoms with van der Waals surface area (Å²) >= 11 is 7.38. The molecule has 0 saturated heterocycles. The first-order chi connectivity index (χ1) is 8.47. The van der Waals surface area contributed by atoms with E-state index in [0.717, 1.165) is 16.8 Å². The lowest BCUT2D eigenvalue weighted by atomic mass is 10.1. The minimum Gasteiger partial charge on any atom is -0.476 e. The van der Waals surface area contributed by atoms with Gasteiger partial charge in [-0.3, -0.25) is 0 Å². The highest BCUT2D eigenvalue weighted by Gasteiger charge is 2.11. The highest BCUT2D eigenvalue weighted by atomic mass is 35.5. The molecule has 4 nitrogen and oxygen atoms in total. The van der Waals surface area contributed by atoms with Crippen LogP contribution in [0.3, 0.4) is 0 Å². The number of hydrogen-bond donors (Lipinski definition) is 2. The van der Waals surface area contributed by atoms with Gasteiger partial charge in [-0.05, 0) is 31.0 Å². The average molecular weight is 283 g/mol. The van der Waals surface area contributed by atoms with Gasteiger partial charge in [0.15, 0.2) is 10.8 Å². The Labute approximate surface area is 113 Å². The van der Waals surface area contributed by atoms with E-state index in [1.807, 2.05) is 26.0 Å². The molecule has 1 aromatic heterocycles. The summed E-state index contributed by atoms with van der Waals surface area (Å²) in [5.41, 5.74) is 2.86. The third-order valence-corrected chi connectivity index (χ3v) is 3.44. The second kappa shape index (κ2) is 4.96. The maximum absolute atomic E-state index is 10.7. The highest BCUT2D eigenvalue weighted by molar-refractivity contribution is 7.14. The minimum absolute atomic E-state index is 0.0309. The molecule has 2 N–H and O–H groups in total. The Balaban J connectivity index is 2.31. The zero-order valence-corrected chi connectivity index (χ0v) is 11.4. The third kappa shape index (κ3) is 2.63. The first-order valence-corrected chi connectivity index (χ1v) is 6.45. The van der Waals surface area contributed by atoms with E-state index >= 15 is 0 Å². The Kier molecular flexibility index (Phi) is 3.54. The van der Waals surface area contributed by atoms with Crippen LogP contribution < -0.4 is 5.32 Å². The molecule has 0 bridgehead atoms. The van der Waals surface area contributed by atoms with Gasteiger partial charge in [-0.2, -0.15) is 0 Å². The standard InChI is InChI=1S/C12H11ClN2O2S/c1-6-3-7(2)10(8(13)4-6)15-12-14-9(5-18-12)11(16)17/h3-5H,1-2H3,(H,14,15)(H,16,17). The van der Waals surface area contributed by atoms with E-state index < -0.39 is 5.97 Å². The maximum atomic E-state index is 10.7. The van der Waals surface area contributed by atoms with Crippen molar-refractivity contribution in [1.29, 1.82) is 0 Å². The summed E-state index contributed by atoms with van der Waals surface area (Å²) in [6, 6.07) is 3.85. The number of aromatic nitrogens is 1. The lowest BCUT2D eigenvalue weighted by Gasteiger charge is -2.10. The van der Waals surface area contributed by atoms with Gasteiger partial charge in [0.1, 0.15) is 0 Å². The summed E-state index contributed by atoms with van der Waals surface area (Å²) in [4.78, 5) is 14.7. The van der Waals surface area contributed by atoms with E-state index in [9.17, 15) is 4.79 Å². The van der Waals surface area contributed by atoms with E-state index in [1.54, 1.807) is 0 Å². The van der Waals surface area contributed by atoms with Gasteiger partial charge in [0, 0.05) is 5.38 Å². The SMILES string of the molecule is Cc1cc(C)c(Nc2nc(C(=O)O)cs2)c(Cl)c1. The van der Waals surface area contributed by atoms with Crippen LogP contribution in [0.15, 0.2) is 17.5 Å². The van der Waals surface area contributed by atoms with Crippen molar-refractivity contribution in [3.63, 3.8) is 0 Å². The molecule has 1 aromatic carbocycles. The largest absolute Gasteiger partial charge is 0.476 e. The Bertz CT molecular complexity index is 587. The Morgan fingerprint density at radius 3 is 2.72 bits per heavy atom. The highest BCUT2D eigenvalue weighted by Crippen LogP contribution is 2.31. The van der Waals surface area contributed by atoms with Crippen molar-refractivity contribution < 1.29 is 9.90 Å². The predicted octanol–water partition coefficient (Wildman–Crippen LogP) is 3.86. The zero-order valence-electron chi connectivity index (χ0n) is 9.82. The molecule has 0 amide bonds. The Hall–Kier alpha value is -1.59. The smallest absolute Gasteiger partial charge is 0.355 e. The van der Waals surface area contributed by atoms with Gasteiger partial charge < -0.3 is 10.4 Å². The normalized spacial score (nSPS) is 10.4. The topological polar surface area (TPSA) is 62.2 Å². The fourth-order valence-electron chi connectivity index (χ4n) is 1.61. The van der Waals surface area contributed by atoms with E-state index in [4.69, 9.17) is 16.7 Å².